The Balaban J connectivity index is 1.59. The molecule has 1 heterocycles. The molecule has 3 aromatic rings. The van der Waals surface area contributed by atoms with Crippen LogP contribution < -0.4 is 10.6 Å². The molecule has 32 heavy (non-hydrogen) atoms. The Bertz CT molecular complexity index is 1150. The summed E-state index contributed by atoms with van der Waals surface area (Å²) in [5, 5.41) is 15.8. The van der Waals surface area contributed by atoms with Gasteiger partial charge in [0.25, 0.3) is 5.91 Å². The Labute approximate surface area is 204 Å². The summed E-state index contributed by atoms with van der Waals surface area (Å²) < 4.78 is 1.84. The lowest BCUT2D eigenvalue weighted by Gasteiger charge is -2.10. The number of aryl methyl sites for hydroxylation is 1. The molecule has 0 atom stereocenters. The van der Waals surface area contributed by atoms with Gasteiger partial charge in [-0.3, -0.25) is 9.59 Å². The van der Waals surface area contributed by atoms with Crippen molar-refractivity contribution in [1.29, 1.82) is 0 Å². The molecule has 0 aliphatic carbocycles. The molecule has 0 unspecified atom stereocenters. The van der Waals surface area contributed by atoms with Crippen molar-refractivity contribution >= 4 is 64.1 Å². The van der Waals surface area contributed by atoms with Crippen LogP contribution in [-0.4, -0.2) is 32.3 Å². The van der Waals surface area contributed by atoms with E-state index in [0.29, 0.717) is 43.8 Å². The Kier molecular flexibility index (Phi) is 8.42. The highest BCUT2D eigenvalue weighted by molar-refractivity contribution is 7.99. The monoisotopic (exact) mass is 511 g/mol. The maximum absolute atomic E-state index is 12.4. The van der Waals surface area contributed by atoms with Gasteiger partial charge >= 0.3 is 0 Å². The molecule has 0 radical (unpaired) electrons. The first-order valence-electron chi connectivity index (χ1n) is 9.62. The van der Waals surface area contributed by atoms with Crippen molar-refractivity contribution in [3.63, 3.8) is 0 Å². The molecule has 0 bridgehead atoms. The minimum absolute atomic E-state index is 0.152. The van der Waals surface area contributed by atoms with Gasteiger partial charge in [0.2, 0.25) is 5.91 Å². The van der Waals surface area contributed by atoms with Crippen LogP contribution in [0.1, 0.15) is 28.7 Å². The number of benzene rings is 2. The normalized spacial score (nSPS) is 10.8. The van der Waals surface area contributed by atoms with Crippen molar-refractivity contribution in [2.75, 3.05) is 11.1 Å². The van der Waals surface area contributed by atoms with Crippen LogP contribution in [0, 0.1) is 6.92 Å². The number of rotatable bonds is 8. The van der Waals surface area contributed by atoms with Gasteiger partial charge in [-0.1, -0.05) is 52.6 Å². The van der Waals surface area contributed by atoms with Crippen molar-refractivity contribution < 1.29 is 9.59 Å². The summed E-state index contributed by atoms with van der Waals surface area (Å²) in [6.45, 7) is 4.59. The topological polar surface area (TPSA) is 88.9 Å². The fraction of sp³-hybridized carbons (Fsp3) is 0.238. The van der Waals surface area contributed by atoms with Crippen molar-refractivity contribution in [2.45, 2.75) is 32.1 Å². The molecular formula is C21H20Cl3N5O2S. The predicted molar refractivity (Wildman–Crippen MR) is 129 cm³/mol. The van der Waals surface area contributed by atoms with Crippen molar-refractivity contribution in [3.05, 3.63) is 68.4 Å². The number of halogens is 3. The van der Waals surface area contributed by atoms with E-state index in [9.17, 15) is 9.59 Å². The highest BCUT2D eigenvalue weighted by Crippen LogP contribution is 2.23. The number of nitrogens with zero attached hydrogens (tertiary/aromatic N) is 3. The van der Waals surface area contributed by atoms with Gasteiger partial charge in [0.1, 0.15) is 0 Å². The predicted octanol–water partition coefficient (Wildman–Crippen LogP) is 5.23. The fourth-order valence-corrected chi connectivity index (χ4v) is 4.11. The number of carbonyl (C=O) groups excluding carboxylic acids is 2. The first kappa shape index (κ1) is 24.4. The van der Waals surface area contributed by atoms with E-state index in [2.05, 4.69) is 20.8 Å². The second-order valence-electron chi connectivity index (χ2n) is 6.75. The highest BCUT2D eigenvalue weighted by atomic mass is 35.5. The zero-order valence-electron chi connectivity index (χ0n) is 17.3. The van der Waals surface area contributed by atoms with E-state index < -0.39 is 0 Å². The first-order chi connectivity index (χ1) is 15.3. The second-order valence-corrected chi connectivity index (χ2v) is 8.94. The molecule has 0 aliphatic rings. The van der Waals surface area contributed by atoms with E-state index in [1.807, 2.05) is 24.5 Å². The molecule has 0 saturated carbocycles. The van der Waals surface area contributed by atoms with E-state index in [4.69, 9.17) is 34.8 Å². The van der Waals surface area contributed by atoms with E-state index in [1.54, 1.807) is 24.3 Å². The van der Waals surface area contributed by atoms with Crippen LogP contribution >= 0.6 is 46.6 Å². The lowest BCUT2D eigenvalue weighted by molar-refractivity contribution is -0.113. The summed E-state index contributed by atoms with van der Waals surface area (Å²) in [6, 6.07) is 9.99. The fourth-order valence-electron chi connectivity index (χ4n) is 2.82. The number of amides is 2. The maximum atomic E-state index is 12.4. The number of carbonyl (C=O) groups is 2. The zero-order chi connectivity index (χ0) is 23.3. The number of hydrogen-bond donors (Lipinski definition) is 2. The Hall–Kier alpha value is -2.26. The SMILES string of the molecule is CCn1c(CNC(=O)c2ccc(Cl)c(Cl)c2)nnc1SCC(=O)Nc1cc(Cl)ccc1C. The van der Waals surface area contributed by atoms with Crippen LogP contribution in [0.2, 0.25) is 15.1 Å². The first-order valence-corrected chi connectivity index (χ1v) is 11.7. The molecule has 2 N–H and O–H groups in total. The van der Waals surface area contributed by atoms with Crippen molar-refractivity contribution in [3.8, 4) is 0 Å². The molecule has 168 valence electrons. The summed E-state index contributed by atoms with van der Waals surface area (Å²) >= 11 is 19.1. The number of hydrogen-bond acceptors (Lipinski definition) is 5. The Morgan fingerprint density at radius 1 is 1.06 bits per heavy atom. The lowest BCUT2D eigenvalue weighted by Crippen LogP contribution is -2.24. The molecule has 0 aliphatic heterocycles. The molecule has 3 rings (SSSR count). The van der Waals surface area contributed by atoms with E-state index in [1.165, 1.54) is 17.8 Å². The minimum atomic E-state index is -0.306. The number of nitrogens with one attached hydrogen (secondary N) is 2. The molecule has 2 aromatic carbocycles. The second kappa shape index (κ2) is 11.0. The molecule has 11 heteroatoms. The van der Waals surface area contributed by atoms with Crippen molar-refractivity contribution in [1.82, 2.24) is 20.1 Å². The molecular weight excluding hydrogens is 493 g/mol. The van der Waals surface area contributed by atoms with Gasteiger partial charge in [0.15, 0.2) is 11.0 Å². The zero-order valence-corrected chi connectivity index (χ0v) is 20.4. The molecule has 0 saturated heterocycles. The van der Waals surface area contributed by atoms with Crippen molar-refractivity contribution in [2.24, 2.45) is 0 Å². The molecule has 1 aromatic heterocycles. The van der Waals surface area contributed by atoms with E-state index in [-0.39, 0.29) is 24.1 Å². The summed E-state index contributed by atoms with van der Waals surface area (Å²) in [4.78, 5) is 24.8. The summed E-state index contributed by atoms with van der Waals surface area (Å²) in [6.07, 6.45) is 0. The van der Waals surface area contributed by atoms with Gasteiger partial charge in [-0.2, -0.15) is 0 Å². The van der Waals surface area contributed by atoms with Crippen LogP contribution in [0.3, 0.4) is 0 Å². The number of anilines is 1. The van der Waals surface area contributed by atoms with Gasteiger partial charge < -0.3 is 15.2 Å². The van der Waals surface area contributed by atoms with Gasteiger partial charge in [0.05, 0.1) is 22.3 Å². The maximum Gasteiger partial charge on any atom is 0.251 e. The number of thioether (sulfide) groups is 1. The van der Waals surface area contributed by atoms with E-state index in [0.717, 1.165) is 5.56 Å². The summed E-state index contributed by atoms with van der Waals surface area (Å²) in [5.74, 6) is 0.245. The van der Waals surface area contributed by atoms with Gasteiger partial charge in [-0.25, -0.2) is 0 Å². The molecule has 0 fully saturated rings. The van der Waals surface area contributed by atoms with Gasteiger partial charge in [-0.15, -0.1) is 10.2 Å². The quantitative estimate of drug-likeness (QED) is 0.404. The van der Waals surface area contributed by atoms with Crippen LogP contribution in [0.15, 0.2) is 41.6 Å². The summed E-state index contributed by atoms with van der Waals surface area (Å²) in [7, 11) is 0. The molecule has 7 nitrogen and oxygen atoms in total. The van der Waals surface area contributed by atoms with Gasteiger partial charge in [-0.05, 0) is 49.7 Å². The van der Waals surface area contributed by atoms with Crippen LogP contribution in [0.25, 0.3) is 0 Å². The average Bonchev–Trinajstić information content (AvgIpc) is 3.16. The summed E-state index contributed by atoms with van der Waals surface area (Å²) in [5.41, 5.74) is 1.99. The third-order valence-electron chi connectivity index (χ3n) is 4.50. The van der Waals surface area contributed by atoms with Crippen LogP contribution in [-0.2, 0) is 17.9 Å². The third-order valence-corrected chi connectivity index (χ3v) is 6.45. The van der Waals surface area contributed by atoms with Crippen LogP contribution in [0.4, 0.5) is 5.69 Å². The van der Waals surface area contributed by atoms with Gasteiger partial charge in [0, 0.05) is 22.8 Å². The smallest absolute Gasteiger partial charge is 0.251 e. The lowest BCUT2D eigenvalue weighted by atomic mass is 10.2. The van der Waals surface area contributed by atoms with E-state index >= 15 is 0 Å². The molecule has 0 spiro atoms. The Morgan fingerprint density at radius 2 is 1.84 bits per heavy atom. The standard InChI is InChI=1S/C21H20Cl3N5O2S/c1-3-29-18(10-25-20(31)13-5-7-15(23)16(24)8-13)27-28-21(29)32-11-19(30)26-17-9-14(22)6-4-12(17)2/h4-9H,3,10-11H2,1-2H3,(H,25,31)(H,26,30). The largest absolute Gasteiger partial charge is 0.345 e. The average molecular weight is 513 g/mol. The molecule has 2 amide bonds. The highest BCUT2D eigenvalue weighted by Gasteiger charge is 2.15. The Morgan fingerprint density at radius 3 is 2.56 bits per heavy atom. The van der Waals surface area contributed by atoms with Crippen LogP contribution in [0.5, 0.6) is 0 Å². The minimum Gasteiger partial charge on any atom is -0.345 e. The number of aromatic nitrogens is 3. The third kappa shape index (κ3) is 6.16.